The molecule has 0 amide bonds. The first-order valence-corrected chi connectivity index (χ1v) is 9.00. The van der Waals surface area contributed by atoms with Gasteiger partial charge in [-0.15, -0.1) is 10.2 Å². The van der Waals surface area contributed by atoms with Crippen LogP contribution in [0.4, 0.5) is 5.95 Å². The second kappa shape index (κ2) is 7.78. The molecule has 0 aromatic carbocycles. The molecule has 0 spiro atoms. The van der Waals surface area contributed by atoms with E-state index in [0.29, 0.717) is 11.6 Å². The molecule has 1 aliphatic heterocycles. The Kier molecular flexibility index (Phi) is 5.50. The van der Waals surface area contributed by atoms with Crippen LogP contribution in [0.1, 0.15) is 32.0 Å². The summed E-state index contributed by atoms with van der Waals surface area (Å²) in [6.45, 7) is 8.21. The largest absolute Gasteiger partial charge is 0.378 e. The average Bonchev–Trinajstić information content (AvgIpc) is 3.20. The predicted octanol–water partition coefficient (Wildman–Crippen LogP) is 1.76. The van der Waals surface area contributed by atoms with E-state index in [0.717, 1.165) is 62.6 Å². The Hall–Kier alpha value is -1.61. The zero-order chi connectivity index (χ0) is 16.1. The van der Waals surface area contributed by atoms with Gasteiger partial charge in [-0.2, -0.15) is 4.98 Å². The third kappa shape index (κ3) is 3.84. The van der Waals surface area contributed by atoms with E-state index >= 15 is 0 Å². The van der Waals surface area contributed by atoms with Crippen LogP contribution in [0.3, 0.4) is 0 Å². The third-order valence-corrected chi connectivity index (χ3v) is 4.57. The van der Waals surface area contributed by atoms with Crippen LogP contribution in [-0.2, 0) is 23.5 Å². The van der Waals surface area contributed by atoms with Crippen molar-refractivity contribution in [3.8, 4) is 0 Å². The Bertz CT molecular complexity index is 623. The molecule has 9 heteroatoms. The molecular formula is C14H22N6O2S. The molecule has 0 aliphatic carbocycles. The van der Waals surface area contributed by atoms with Crippen molar-refractivity contribution in [3.05, 3.63) is 11.7 Å². The second-order valence-corrected chi connectivity index (χ2v) is 6.21. The normalized spacial score (nSPS) is 15.3. The maximum atomic E-state index is 5.40. The fraction of sp³-hybridized carbons (Fsp3) is 0.714. The maximum absolute atomic E-state index is 5.40. The van der Waals surface area contributed by atoms with Crippen LogP contribution in [0.25, 0.3) is 0 Å². The van der Waals surface area contributed by atoms with E-state index in [1.54, 1.807) is 11.8 Å². The Morgan fingerprint density at radius 3 is 2.74 bits per heavy atom. The molecule has 0 radical (unpaired) electrons. The Morgan fingerprint density at radius 2 is 2.00 bits per heavy atom. The van der Waals surface area contributed by atoms with Gasteiger partial charge in [0, 0.05) is 26.1 Å². The highest BCUT2D eigenvalue weighted by molar-refractivity contribution is 7.98. The summed E-state index contributed by atoms with van der Waals surface area (Å²) in [5, 5.41) is 13.5. The van der Waals surface area contributed by atoms with Gasteiger partial charge >= 0.3 is 0 Å². The molecule has 0 saturated carbocycles. The fourth-order valence-corrected chi connectivity index (χ4v) is 3.30. The van der Waals surface area contributed by atoms with Gasteiger partial charge in [-0.25, -0.2) is 0 Å². The number of aromatic nitrogens is 5. The summed E-state index contributed by atoms with van der Waals surface area (Å²) in [6, 6.07) is 0. The lowest BCUT2D eigenvalue weighted by atomic mass is 10.3. The molecule has 3 rings (SSSR count). The van der Waals surface area contributed by atoms with Gasteiger partial charge in [0.15, 0.2) is 11.0 Å². The van der Waals surface area contributed by atoms with Crippen molar-refractivity contribution in [2.75, 3.05) is 31.2 Å². The topological polar surface area (TPSA) is 82.1 Å². The zero-order valence-corrected chi connectivity index (χ0v) is 14.4. The molecule has 1 aliphatic rings. The number of nitrogens with zero attached hydrogens (tertiary/aromatic N) is 6. The van der Waals surface area contributed by atoms with Gasteiger partial charge in [-0.3, -0.25) is 4.57 Å². The molecule has 1 fully saturated rings. The molecular weight excluding hydrogens is 316 g/mol. The molecule has 1 saturated heterocycles. The van der Waals surface area contributed by atoms with E-state index in [1.807, 2.05) is 0 Å². The van der Waals surface area contributed by atoms with Crippen LogP contribution >= 0.6 is 11.8 Å². The van der Waals surface area contributed by atoms with E-state index in [9.17, 15) is 0 Å². The molecule has 0 N–H and O–H groups in total. The highest BCUT2D eigenvalue weighted by atomic mass is 32.2. The Morgan fingerprint density at radius 1 is 1.17 bits per heavy atom. The van der Waals surface area contributed by atoms with E-state index < -0.39 is 0 Å². The Labute approximate surface area is 139 Å². The van der Waals surface area contributed by atoms with Crippen molar-refractivity contribution in [1.29, 1.82) is 0 Å². The van der Waals surface area contributed by atoms with E-state index in [-0.39, 0.29) is 0 Å². The summed E-state index contributed by atoms with van der Waals surface area (Å²) in [5.41, 5.74) is 0. The standard InChI is InChI=1S/C14H22N6O2S/c1-3-5-11-15-12(22-18-11)10-23-14-17-16-13(20(14)4-2)19-6-8-21-9-7-19/h3-10H2,1-2H3. The van der Waals surface area contributed by atoms with Gasteiger partial charge < -0.3 is 14.2 Å². The van der Waals surface area contributed by atoms with E-state index in [4.69, 9.17) is 9.26 Å². The van der Waals surface area contributed by atoms with Crippen molar-refractivity contribution in [3.63, 3.8) is 0 Å². The Balaban J connectivity index is 1.66. The molecule has 8 nitrogen and oxygen atoms in total. The van der Waals surface area contributed by atoms with Gasteiger partial charge in [-0.1, -0.05) is 23.8 Å². The number of aryl methyl sites for hydroxylation is 1. The number of thioether (sulfide) groups is 1. The molecule has 2 aromatic rings. The molecule has 0 bridgehead atoms. The monoisotopic (exact) mass is 338 g/mol. The molecule has 126 valence electrons. The summed E-state index contributed by atoms with van der Waals surface area (Å²) < 4.78 is 12.8. The van der Waals surface area contributed by atoms with Crippen LogP contribution in [0, 0.1) is 0 Å². The number of hydrogen-bond donors (Lipinski definition) is 0. The lowest BCUT2D eigenvalue weighted by molar-refractivity contribution is 0.121. The first-order chi connectivity index (χ1) is 11.3. The van der Waals surface area contributed by atoms with Crippen molar-refractivity contribution < 1.29 is 9.26 Å². The number of anilines is 1. The summed E-state index contributed by atoms with van der Waals surface area (Å²) in [7, 11) is 0. The third-order valence-electron chi connectivity index (χ3n) is 3.62. The smallest absolute Gasteiger partial charge is 0.237 e. The van der Waals surface area contributed by atoms with Crippen LogP contribution in [0.2, 0.25) is 0 Å². The van der Waals surface area contributed by atoms with Gasteiger partial charge in [0.2, 0.25) is 11.8 Å². The first kappa shape index (κ1) is 16.3. The number of ether oxygens (including phenoxy) is 1. The van der Waals surface area contributed by atoms with Crippen molar-refractivity contribution in [2.24, 2.45) is 0 Å². The maximum Gasteiger partial charge on any atom is 0.237 e. The summed E-state index contributed by atoms with van der Waals surface area (Å²) in [6.07, 6.45) is 1.86. The SMILES string of the molecule is CCCc1noc(CSc2nnc(N3CCOCC3)n2CC)n1. The molecule has 0 atom stereocenters. The van der Waals surface area contributed by atoms with Crippen molar-refractivity contribution >= 4 is 17.7 Å². The number of rotatable bonds is 7. The minimum absolute atomic E-state index is 0.609. The first-order valence-electron chi connectivity index (χ1n) is 8.02. The highest BCUT2D eigenvalue weighted by Crippen LogP contribution is 2.25. The minimum Gasteiger partial charge on any atom is -0.378 e. The van der Waals surface area contributed by atoms with Gasteiger partial charge in [0.1, 0.15) is 0 Å². The van der Waals surface area contributed by atoms with Crippen LogP contribution in [0.5, 0.6) is 0 Å². The van der Waals surface area contributed by atoms with E-state index in [1.165, 1.54) is 0 Å². The molecule has 3 heterocycles. The highest BCUT2D eigenvalue weighted by Gasteiger charge is 2.20. The quantitative estimate of drug-likeness (QED) is 0.706. The lowest BCUT2D eigenvalue weighted by Gasteiger charge is -2.27. The van der Waals surface area contributed by atoms with Crippen molar-refractivity contribution in [2.45, 2.75) is 44.1 Å². The summed E-state index contributed by atoms with van der Waals surface area (Å²) in [5.74, 6) is 2.93. The zero-order valence-electron chi connectivity index (χ0n) is 13.6. The summed E-state index contributed by atoms with van der Waals surface area (Å²) in [4.78, 5) is 6.60. The van der Waals surface area contributed by atoms with Crippen LogP contribution < -0.4 is 4.90 Å². The van der Waals surface area contributed by atoms with Gasteiger partial charge in [-0.05, 0) is 13.3 Å². The average molecular weight is 338 g/mol. The van der Waals surface area contributed by atoms with Crippen LogP contribution in [-0.4, -0.2) is 51.2 Å². The van der Waals surface area contributed by atoms with Gasteiger partial charge in [0.25, 0.3) is 0 Å². The van der Waals surface area contributed by atoms with E-state index in [2.05, 4.69) is 43.7 Å². The van der Waals surface area contributed by atoms with Crippen molar-refractivity contribution in [1.82, 2.24) is 24.9 Å². The molecule has 0 unspecified atom stereocenters. The number of hydrogen-bond acceptors (Lipinski definition) is 8. The van der Waals surface area contributed by atoms with Gasteiger partial charge in [0.05, 0.1) is 19.0 Å². The predicted molar refractivity (Wildman–Crippen MR) is 86.6 cm³/mol. The number of morpholine rings is 1. The minimum atomic E-state index is 0.609. The fourth-order valence-electron chi connectivity index (χ4n) is 2.46. The molecule has 2 aromatic heterocycles. The lowest BCUT2D eigenvalue weighted by Crippen LogP contribution is -2.38. The molecule has 23 heavy (non-hydrogen) atoms. The second-order valence-electron chi connectivity index (χ2n) is 5.27. The van der Waals surface area contributed by atoms with Crippen LogP contribution in [0.15, 0.2) is 9.68 Å². The summed E-state index contributed by atoms with van der Waals surface area (Å²) >= 11 is 1.58.